The van der Waals surface area contributed by atoms with Crippen molar-refractivity contribution in [3.05, 3.63) is 29.8 Å². The maximum absolute atomic E-state index is 12.3. The fraction of sp³-hybridized carbons (Fsp3) is 0.588. The molecule has 0 N–H and O–H groups in total. The van der Waals surface area contributed by atoms with Crippen LogP contribution < -0.4 is 4.74 Å². The molecular formula is C17H23NO3. The van der Waals surface area contributed by atoms with E-state index >= 15 is 0 Å². The minimum absolute atomic E-state index is 0.0628. The van der Waals surface area contributed by atoms with Gasteiger partial charge in [-0.2, -0.15) is 0 Å². The second-order valence-corrected chi connectivity index (χ2v) is 6.13. The van der Waals surface area contributed by atoms with Crippen molar-refractivity contribution in [3.8, 4) is 5.75 Å². The Morgan fingerprint density at radius 1 is 1.19 bits per heavy atom. The topological polar surface area (TPSA) is 38.8 Å². The first-order valence-corrected chi connectivity index (χ1v) is 7.59. The second kappa shape index (κ2) is 5.68. The Hall–Kier alpha value is -1.55. The molecule has 4 nitrogen and oxygen atoms in total. The van der Waals surface area contributed by atoms with Gasteiger partial charge in [-0.05, 0) is 44.0 Å². The number of hydrogen-bond acceptors (Lipinski definition) is 4. The molecule has 0 aromatic heterocycles. The van der Waals surface area contributed by atoms with Gasteiger partial charge in [0.1, 0.15) is 5.75 Å². The van der Waals surface area contributed by atoms with E-state index in [9.17, 15) is 4.79 Å². The van der Waals surface area contributed by atoms with Crippen LogP contribution in [-0.4, -0.2) is 44.2 Å². The minimum Gasteiger partial charge on any atom is -0.497 e. The average Bonchev–Trinajstić information content (AvgIpc) is 2.76. The zero-order valence-electron chi connectivity index (χ0n) is 12.9. The molecule has 3 rings (SSSR count). The van der Waals surface area contributed by atoms with Crippen molar-refractivity contribution in [2.45, 2.75) is 37.3 Å². The Morgan fingerprint density at radius 3 is 2.52 bits per heavy atom. The highest BCUT2D eigenvalue weighted by molar-refractivity contribution is 5.75. The zero-order valence-corrected chi connectivity index (χ0v) is 12.9. The number of methoxy groups -OCH3 is 2. The van der Waals surface area contributed by atoms with Crippen molar-refractivity contribution in [2.75, 3.05) is 21.3 Å². The monoisotopic (exact) mass is 289 g/mol. The van der Waals surface area contributed by atoms with E-state index in [-0.39, 0.29) is 17.8 Å². The number of fused-ring (bicyclic) bond motifs is 2. The Bertz CT molecular complexity index is 513. The lowest BCUT2D eigenvalue weighted by Gasteiger charge is -2.41. The minimum atomic E-state index is -0.0759. The molecule has 2 aliphatic rings. The van der Waals surface area contributed by atoms with Gasteiger partial charge in [-0.15, -0.1) is 0 Å². The summed E-state index contributed by atoms with van der Waals surface area (Å²) in [5.41, 5.74) is 1.22. The summed E-state index contributed by atoms with van der Waals surface area (Å²) in [5, 5.41) is 0. The van der Waals surface area contributed by atoms with E-state index in [1.54, 1.807) is 7.11 Å². The van der Waals surface area contributed by atoms with Crippen LogP contribution in [0, 0.1) is 5.92 Å². The molecule has 2 heterocycles. The fourth-order valence-corrected chi connectivity index (χ4v) is 4.12. The standard InChI is InChI=1S/C17H23NO3/c1-18-12-6-9-15(18)16(17(19)21-3)14(10-12)11-4-7-13(20-2)8-5-11/h4-5,7-8,12,14-16H,6,9-10H2,1-3H3/t12-,14?,15?,16?/m1/s1. The molecule has 2 fully saturated rings. The van der Waals surface area contributed by atoms with E-state index in [0.717, 1.165) is 18.6 Å². The maximum atomic E-state index is 12.3. The highest BCUT2D eigenvalue weighted by Gasteiger charge is 2.49. The fourth-order valence-electron chi connectivity index (χ4n) is 4.12. The first kappa shape index (κ1) is 14.4. The Labute approximate surface area is 126 Å². The van der Waals surface area contributed by atoms with E-state index in [2.05, 4.69) is 24.1 Å². The molecule has 0 amide bonds. The third-order valence-corrected chi connectivity index (χ3v) is 5.29. The first-order valence-electron chi connectivity index (χ1n) is 7.59. The summed E-state index contributed by atoms with van der Waals surface area (Å²) in [4.78, 5) is 14.7. The van der Waals surface area contributed by atoms with E-state index in [0.29, 0.717) is 12.1 Å². The molecular weight excluding hydrogens is 266 g/mol. The molecule has 4 atom stereocenters. The number of hydrogen-bond donors (Lipinski definition) is 0. The van der Waals surface area contributed by atoms with E-state index < -0.39 is 0 Å². The molecule has 21 heavy (non-hydrogen) atoms. The number of esters is 1. The van der Waals surface area contributed by atoms with Gasteiger partial charge in [0.25, 0.3) is 0 Å². The SMILES string of the molecule is COC(=O)C1C(c2ccc(OC)cc2)C[C@H]2CCC1N2C. The van der Waals surface area contributed by atoms with Crippen LogP contribution in [0.3, 0.4) is 0 Å². The maximum Gasteiger partial charge on any atom is 0.310 e. The van der Waals surface area contributed by atoms with E-state index in [1.165, 1.54) is 19.1 Å². The number of carbonyl (C=O) groups is 1. The molecule has 0 saturated carbocycles. The molecule has 0 radical (unpaired) electrons. The summed E-state index contributed by atoms with van der Waals surface area (Å²) in [6.45, 7) is 0. The lowest BCUT2D eigenvalue weighted by atomic mass is 9.76. The first-order chi connectivity index (χ1) is 10.2. The molecule has 0 spiro atoms. The summed E-state index contributed by atoms with van der Waals surface area (Å²) in [5.74, 6) is 0.960. The van der Waals surface area contributed by atoms with Gasteiger partial charge in [-0.1, -0.05) is 12.1 Å². The summed E-state index contributed by atoms with van der Waals surface area (Å²) in [6, 6.07) is 9.02. The quantitative estimate of drug-likeness (QED) is 0.801. The van der Waals surface area contributed by atoms with Gasteiger partial charge in [-0.25, -0.2) is 0 Å². The smallest absolute Gasteiger partial charge is 0.310 e. The largest absolute Gasteiger partial charge is 0.497 e. The molecule has 114 valence electrons. The molecule has 4 heteroatoms. The van der Waals surface area contributed by atoms with E-state index in [4.69, 9.17) is 9.47 Å². The molecule has 1 aromatic carbocycles. The van der Waals surface area contributed by atoms with Gasteiger partial charge in [-0.3, -0.25) is 9.69 Å². The van der Waals surface area contributed by atoms with Crippen LogP contribution in [0.15, 0.2) is 24.3 Å². The number of carbonyl (C=O) groups excluding carboxylic acids is 1. The Morgan fingerprint density at radius 2 is 1.90 bits per heavy atom. The second-order valence-electron chi connectivity index (χ2n) is 6.13. The van der Waals surface area contributed by atoms with Crippen molar-refractivity contribution in [1.29, 1.82) is 0 Å². The van der Waals surface area contributed by atoms with Crippen LogP contribution in [0.5, 0.6) is 5.75 Å². The van der Waals surface area contributed by atoms with E-state index in [1.807, 2.05) is 12.1 Å². The van der Waals surface area contributed by atoms with Gasteiger partial charge in [0.2, 0.25) is 0 Å². The van der Waals surface area contributed by atoms with Crippen molar-refractivity contribution in [2.24, 2.45) is 5.92 Å². The number of nitrogens with zero attached hydrogens (tertiary/aromatic N) is 1. The van der Waals surface area contributed by atoms with Crippen molar-refractivity contribution >= 4 is 5.97 Å². The molecule has 3 unspecified atom stereocenters. The third kappa shape index (κ3) is 2.42. The molecule has 1 aromatic rings. The van der Waals surface area contributed by atoms with Crippen molar-refractivity contribution < 1.29 is 14.3 Å². The van der Waals surface area contributed by atoms with Crippen LogP contribution in [-0.2, 0) is 9.53 Å². The molecule has 0 aliphatic carbocycles. The third-order valence-electron chi connectivity index (χ3n) is 5.29. The van der Waals surface area contributed by atoms with Crippen LogP contribution >= 0.6 is 0 Å². The predicted molar refractivity (Wildman–Crippen MR) is 80.4 cm³/mol. The predicted octanol–water partition coefficient (Wildman–Crippen LogP) is 2.43. The number of ether oxygens (including phenoxy) is 2. The van der Waals surface area contributed by atoms with Gasteiger partial charge in [0.15, 0.2) is 0 Å². The highest BCUT2D eigenvalue weighted by atomic mass is 16.5. The van der Waals surface area contributed by atoms with Gasteiger partial charge in [0.05, 0.1) is 20.1 Å². The van der Waals surface area contributed by atoms with Crippen molar-refractivity contribution in [1.82, 2.24) is 4.90 Å². The summed E-state index contributed by atoms with van der Waals surface area (Å²) in [7, 11) is 5.30. The molecule has 2 saturated heterocycles. The number of rotatable bonds is 3. The average molecular weight is 289 g/mol. The Balaban J connectivity index is 1.92. The normalized spacial score (nSPS) is 32.0. The molecule has 2 bridgehead atoms. The summed E-state index contributed by atoms with van der Waals surface area (Å²) >= 11 is 0. The van der Waals surface area contributed by atoms with Crippen LogP contribution in [0.25, 0.3) is 0 Å². The Kier molecular flexibility index (Phi) is 3.89. The zero-order chi connectivity index (χ0) is 15.0. The van der Waals surface area contributed by atoms with Crippen molar-refractivity contribution in [3.63, 3.8) is 0 Å². The van der Waals surface area contributed by atoms with Gasteiger partial charge in [0, 0.05) is 18.0 Å². The lowest BCUT2D eigenvalue weighted by Crippen LogP contribution is -2.49. The number of piperidine rings is 1. The van der Waals surface area contributed by atoms with Crippen LogP contribution in [0.4, 0.5) is 0 Å². The summed E-state index contributed by atoms with van der Waals surface area (Å²) < 4.78 is 10.3. The number of benzene rings is 1. The van der Waals surface area contributed by atoms with Gasteiger partial charge >= 0.3 is 5.97 Å². The van der Waals surface area contributed by atoms with Gasteiger partial charge < -0.3 is 9.47 Å². The molecule has 2 aliphatic heterocycles. The highest BCUT2D eigenvalue weighted by Crippen LogP contribution is 2.46. The lowest BCUT2D eigenvalue weighted by molar-refractivity contribution is -0.150. The van der Waals surface area contributed by atoms with Crippen LogP contribution in [0.2, 0.25) is 0 Å². The van der Waals surface area contributed by atoms with Crippen LogP contribution in [0.1, 0.15) is 30.7 Å². The summed E-state index contributed by atoms with van der Waals surface area (Å²) in [6.07, 6.45) is 3.30.